The first-order valence-electron chi connectivity index (χ1n) is 11.7. The van der Waals surface area contributed by atoms with Gasteiger partial charge in [0.05, 0.1) is 0 Å². The summed E-state index contributed by atoms with van der Waals surface area (Å²) in [7, 11) is 0. The van der Waals surface area contributed by atoms with E-state index in [1.165, 1.54) is 0 Å². The van der Waals surface area contributed by atoms with Crippen LogP contribution in [0.4, 0.5) is 5.69 Å². The monoisotopic (exact) mass is 446 g/mol. The summed E-state index contributed by atoms with van der Waals surface area (Å²) in [4.78, 5) is 31.0. The van der Waals surface area contributed by atoms with E-state index in [1.54, 1.807) is 6.92 Å². The zero-order chi connectivity index (χ0) is 22.0. The molecule has 4 rings (SSSR count). The highest BCUT2D eigenvalue weighted by atomic mass is 35.5. The molecule has 2 amide bonds. The van der Waals surface area contributed by atoms with E-state index in [0.717, 1.165) is 87.9 Å². The number of carbonyl (C=O) groups excluding carboxylic acids is 2. The zero-order valence-corrected chi connectivity index (χ0v) is 19.5. The van der Waals surface area contributed by atoms with Crippen molar-refractivity contribution < 1.29 is 9.59 Å². The number of likely N-dealkylation sites (tertiary alicyclic amines) is 3. The average molecular weight is 447 g/mol. The minimum Gasteiger partial charge on any atom is -0.385 e. The van der Waals surface area contributed by atoms with Gasteiger partial charge in [-0.05, 0) is 62.3 Å². The van der Waals surface area contributed by atoms with E-state index in [0.29, 0.717) is 17.7 Å². The van der Waals surface area contributed by atoms with Crippen LogP contribution in [0, 0.1) is 24.7 Å². The molecule has 0 saturated carbocycles. The van der Waals surface area contributed by atoms with Crippen LogP contribution in [0.2, 0.25) is 5.02 Å². The highest BCUT2D eigenvalue weighted by Crippen LogP contribution is 2.33. The van der Waals surface area contributed by atoms with E-state index < -0.39 is 0 Å². The quantitative estimate of drug-likeness (QED) is 0.682. The Morgan fingerprint density at radius 3 is 2.35 bits per heavy atom. The van der Waals surface area contributed by atoms with Gasteiger partial charge >= 0.3 is 0 Å². The molecule has 6 nitrogen and oxygen atoms in total. The van der Waals surface area contributed by atoms with Crippen LogP contribution in [0.25, 0.3) is 0 Å². The number of aryl methyl sites for hydroxylation is 1. The van der Waals surface area contributed by atoms with Gasteiger partial charge in [-0.2, -0.15) is 0 Å². The molecule has 3 fully saturated rings. The van der Waals surface area contributed by atoms with Gasteiger partial charge in [0, 0.05) is 69.4 Å². The highest BCUT2D eigenvalue weighted by molar-refractivity contribution is 6.31. The van der Waals surface area contributed by atoms with Gasteiger partial charge in [0.25, 0.3) is 0 Å². The molecule has 3 heterocycles. The van der Waals surface area contributed by atoms with Crippen molar-refractivity contribution in [2.45, 2.75) is 33.1 Å². The third-order valence-corrected chi connectivity index (χ3v) is 7.72. The minimum atomic E-state index is 0.104. The zero-order valence-electron chi connectivity index (χ0n) is 18.8. The van der Waals surface area contributed by atoms with Crippen molar-refractivity contribution >= 4 is 29.1 Å². The Hall–Kier alpha value is -1.79. The van der Waals surface area contributed by atoms with Gasteiger partial charge in [0.15, 0.2) is 0 Å². The molecule has 1 aromatic rings. The fraction of sp³-hybridized carbons (Fsp3) is 0.667. The lowest BCUT2D eigenvalue weighted by molar-refractivity contribution is -0.139. The average Bonchev–Trinajstić information content (AvgIpc) is 3.32. The number of amides is 2. The molecular formula is C24H35ClN4O2. The van der Waals surface area contributed by atoms with Gasteiger partial charge in [0.1, 0.15) is 0 Å². The fourth-order valence-corrected chi connectivity index (χ4v) is 5.57. The lowest BCUT2D eigenvalue weighted by atomic mass is 9.95. The van der Waals surface area contributed by atoms with E-state index >= 15 is 0 Å². The van der Waals surface area contributed by atoms with E-state index in [4.69, 9.17) is 11.6 Å². The number of nitrogens with zero attached hydrogens (tertiary/aromatic N) is 3. The Morgan fingerprint density at radius 2 is 1.74 bits per heavy atom. The van der Waals surface area contributed by atoms with E-state index in [9.17, 15) is 9.59 Å². The second kappa shape index (κ2) is 9.78. The molecule has 0 aliphatic carbocycles. The first kappa shape index (κ1) is 22.4. The molecule has 2 unspecified atom stereocenters. The largest absolute Gasteiger partial charge is 0.385 e. The number of benzene rings is 1. The predicted molar refractivity (Wildman–Crippen MR) is 124 cm³/mol. The van der Waals surface area contributed by atoms with Crippen LogP contribution in [0.5, 0.6) is 0 Å². The predicted octanol–water partition coefficient (Wildman–Crippen LogP) is 3.10. The first-order chi connectivity index (χ1) is 14.9. The van der Waals surface area contributed by atoms with Crippen LogP contribution in [-0.2, 0) is 9.59 Å². The maximum Gasteiger partial charge on any atom is 0.225 e. The summed E-state index contributed by atoms with van der Waals surface area (Å²) >= 11 is 6.20. The molecule has 0 bridgehead atoms. The number of rotatable bonds is 6. The number of hydrogen-bond donors (Lipinski definition) is 1. The van der Waals surface area contributed by atoms with Crippen LogP contribution >= 0.6 is 11.6 Å². The van der Waals surface area contributed by atoms with Crippen LogP contribution < -0.4 is 5.32 Å². The molecule has 31 heavy (non-hydrogen) atoms. The summed E-state index contributed by atoms with van der Waals surface area (Å²) in [6, 6.07) is 6.12. The molecule has 3 aliphatic heterocycles. The van der Waals surface area contributed by atoms with Crippen LogP contribution in [0.1, 0.15) is 31.7 Å². The lowest BCUT2D eigenvalue weighted by Crippen LogP contribution is -2.44. The molecule has 2 atom stereocenters. The fourth-order valence-electron chi connectivity index (χ4n) is 5.39. The van der Waals surface area contributed by atoms with E-state index in [-0.39, 0.29) is 11.8 Å². The van der Waals surface area contributed by atoms with Gasteiger partial charge in [0.2, 0.25) is 11.8 Å². The molecule has 1 aromatic carbocycles. The Balaban J connectivity index is 1.15. The third kappa shape index (κ3) is 5.35. The van der Waals surface area contributed by atoms with Crippen LogP contribution in [-0.4, -0.2) is 78.9 Å². The van der Waals surface area contributed by atoms with Crippen molar-refractivity contribution in [2.24, 2.45) is 17.8 Å². The topological polar surface area (TPSA) is 55.9 Å². The van der Waals surface area contributed by atoms with Gasteiger partial charge in [-0.25, -0.2) is 0 Å². The molecular weight excluding hydrogens is 412 g/mol. The van der Waals surface area contributed by atoms with Crippen molar-refractivity contribution in [1.29, 1.82) is 0 Å². The number of nitrogens with one attached hydrogen (secondary N) is 1. The molecule has 3 saturated heterocycles. The minimum absolute atomic E-state index is 0.104. The van der Waals surface area contributed by atoms with Gasteiger partial charge in [-0.1, -0.05) is 17.7 Å². The van der Waals surface area contributed by atoms with Crippen molar-refractivity contribution in [3.8, 4) is 0 Å². The summed E-state index contributed by atoms with van der Waals surface area (Å²) in [6.07, 6.45) is 2.73. The second-order valence-electron chi connectivity index (χ2n) is 9.55. The van der Waals surface area contributed by atoms with Crippen LogP contribution in [0.15, 0.2) is 18.2 Å². The number of carbonyl (C=O) groups is 2. The normalized spacial score (nSPS) is 24.5. The van der Waals surface area contributed by atoms with Crippen molar-refractivity contribution in [3.63, 3.8) is 0 Å². The molecule has 0 radical (unpaired) electrons. The molecule has 170 valence electrons. The number of piperidine rings is 1. The molecule has 1 N–H and O–H groups in total. The number of anilines is 1. The number of hydrogen-bond acceptors (Lipinski definition) is 4. The Kier molecular flexibility index (Phi) is 7.07. The summed E-state index contributed by atoms with van der Waals surface area (Å²) < 4.78 is 0. The molecule has 3 aliphatic rings. The van der Waals surface area contributed by atoms with Gasteiger partial charge in [-0.15, -0.1) is 0 Å². The highest BCUT2D eigenvalue weighted by Gasteiger charge is 2.42. The summed E-state index contributed by atoms with van der Waals surface area (Å²) in [5, 5.41) is 4.27. The molecule has 0 aromatic heterocycles. The number of fused-ring (bicyclic) bond motifs is 1. The van der Waals surface area contributed by atoms with Crippen molar-refractivity contribution in [1.82, 2.24) is 14.7 Å². The van der Waals surface area contributed by atoms with Gasteiger partial charge in [-0.3, -0.25) is 9.59 Å². The smallest absolute Gasteiger partial charge is 0.225 e. The van der Waals surface area contributed by atoms with Crippen LogP contribution in [0.3, 0.4) is 0 Å². The Bertz CT molecular complexity index is 795. The number of halogens is 1. The second-order valence-corrected chi connectivity index (χ2v) is 9.95. The maximum absolute atomic E-state index is 13.0. The summed E-state index contributed by atoms with van der Waals surface area (Å²) in [5.74, 6) is 1.78. The SMILES string of the molecule is CC(=O)N1CCC(C(=O)N2CC3CN(CCCNc4ccc(C)c(Cl)c4)CC3C2)CC1. The molecule has 7 heteroatoms. The van der Waals surface area contributed by atoms with E-state index in [1.807, 2.05) is 24.0 Å². The van der Waals surface area contributed by atoms with Crippen molar-refractivity contribution in [2.75, 3.05) is 57.7 Å². The maximum atomic E-state index is 13.0. The standard InChI is InChI=1S/C24H35ClN4O2/c1-17-4-5-22(12-23(17)25)26-8-3-9-27-13-20-15-29(16-21(20)14-27)24(31)19-6-10-28(11-7-19)18(2)30/h4-5,12,19-21,26H,3,6-11,13-16H2,1-2H3. The molecule has 0 spiro atoms. The summed E-state index contributed by atoms with van der Waals surface area (Å²) in [6.45, 7) is 11.1. The first-order valence-corrected chi connectivity index (χ1v) is 12.0. The summed E-state index contributed by atoms with van der Waals surface area (Å²) in [5.41, 5.74) is 2.18. The van der Waals surface area contributed by atoms with E-state index in [2.05, 4.69) is 21.2 Å². The Labute approximate surface area is 190 Å². The lowest BCUT2D eigenvalue weighted by Gasteiger charge is -2.33. The van der Waals surface area contributed by atoms with Crippen molar-refractivity contribution in [3.05, 3.63) is 28.8 Å². The third-order valence-electron chi connectivity index (χ3n) is 7.32. The Morgan fingerprint density at radius 1 is 1.06 bits per heavy atom. The van der Waals surface area contributed by atoms with Gasteiger partial charge < -0.3 is 20.0 Å².